The summed E-state index contributed by atoms with van der Waals surface area (Å²) in [6.07, 6.45) is 3.58. The molecule has 1 aliphatic heterocycles. The Bertz CT molecular complexity index is 683. The van der Waals surface area contributed by atoms with Gasteiger partial charge in [0.25, 0.3) is 5.91 Å². The minimum absolute atomic E-state index is 0.0502. The summed E-state index contributed by atoms with van der Waals surface area (Å²) in [4.78, 5) is 14.2. The van der Waals surface area contributed by atoms with Crippen molar-refractivity contribution in [2.24, 2.45) is 0 Å². The van der Waals surface area contributed by atoms with Gasteiger partial charge in [-0.3, -0.25) is 4.79 Å². The van der Waals surface area contributed by atoms with Crippen LogP contribution in [-0.4, -0.2) is 41.8 Å². The van der Waals surface area contributed by atoms with E-state index in [1.54, 1.807) is 18.3 Å². The van der Waals surface area contributed by atoms with Crippen LogP contribution < -0.4 is 15.0 Å². The maximum atomic E-state index is 12.1. The molecule has 7 heteroatoms. The number of piperidine rings is 1. The van der Waals surface area contributed by atoms with Gasteiger partial charge in [0, 0.05) is 25.3 Å². The van der Waals surface area contributed by atoms with Gasteiger partial charge < -0.3 is 15.0 Å². The van der Waals surface area contributed by atoms with Crippen LogP contribution in [0.5, 0.6) is 5.75 Å². The third-order valence-corrected chi connectivity index (χ3v) is 4.18. The number of para-hydroxylation sites is 1. The molecule has 0 aliphatic carbocycles. The summed E-state index contributed by atoms with van der Waals surface area (Å²) in [7, 11) is 0. The number of aromatic nitrogens is 2. The Labute approximate surface area is 145 Å². The zero-order valence-corrected chi connectivity index (χ0v) is 13.9. The lowest BCUT2D eigenvalue weighted by molar-refractivity contribution is -0.123. The highest BCUT2D eigenvalue weighted by Crippen LogP contribution is 2.23. The first-order chi connectivity index (χ1) is 11.7. The maximum absolute atomic E-state index is 12.1. The van der Waals surface area contributed by atoms with Crippen molar-refractivity contribution in [2.45, 2.75) is 18.9 Å². The third kappa shape index (κ3) is 4.35. The standard InChI is InChI=1S/C17H19ClN4O2/c18-14-6-1-2-7-15(14)24-12-17(23)20-13-5-4-10-22(11-13)16-8-3-9-19-21-16/h1-3,6-9,13H,4-5,10-12H2,(H,20,23)/t13-/m0/s1. The van der Waals surface area contributed by atoms with Crippen molar-refractivity contribution in [1.29, 1.82) is 0 Å². The largest absolute Gasteiger partial charge is 0.482 e. The van der Waals surface area contributed by atoms with Crippen molar-refractivity contribution >= 4 is 23.3 Å². The fraction of sp³-hybridized carbons (Fsp3) is 0.353. The minimum Gasteiger partial charge on any atom is -0.482 e. The van der Waals surface area contributed by atoms with Crippen molar-refractivity contribution in [2.75, 3.05) is 24.6 Å². The normalized spacial score (nSPS) is 17.4. The van der Waals surface area contributed by atoms with E-state index in [4.69, 9.17) is 16.3 Å². The molecule has 1 N–H and O–H groups in total. The number of amides is 1. The van der Waals surface area contributed by atoms with Gasteiger partial charge in [0.1, 0.15) is 5.75 Å². The lowest BCUT2D eigenvalue weighted by atomic mass is 10.1. The SMILES string of the molecule is O=C(COc1ccccc1Cl)N[C@H]1CCCN(c2cccnn2)C1. The van der Waals surface area contributed by atoms with Crippen LogP contribution in [0.1, 0.15) is 12.8 Å². The number of nitrogens with one attached hydrogen (secondary N) is 1. The third-order valence-electron chi connectivity index (χ3n) is 3.86. The second-order valence-corrected chi connectivity index (χ2v) is 6.06. The summed E-state index contributed by atoms with van der Waals surface area (Å²) in [6, 6.07) is 11.0. The summed E-state index contributed by atoms with van der Waals surface area (Å²) < 4.78 is 5.47. The number of rotatable bonds is 5. The van der Waals surface area contributed by atoms with E-state index >= 15 is 0 Å². The molecule has 0 spiro atoms. The molecular weight excluding hydrogens is 328 g/mol. The second-order valence-electron chi connectivity index (χ2n) is 5.65. The van der Waals surface area contributed by atoms with Gasteiger partial charge in [-0.25, -0.2) is 0 Å². The predicted octanol–water partition coefficient (Wildman–Crippen LogP) is 2.29. The number of carbonyl (C=O) groups excluding carboxylic acids is 1. The zero-order chi connectivity index (χ0) is 16.8. The number of hydrogen-bond acceptors (Lipinski definition) is 5. The van der Waals surface area contributed by atoms with Crippen molar-refractivity contribution in [1.82, 2.24) is 15.5 Å². The lowest BCUT2D eigenvalue weighted by Gasteiger charge is -2.33. The van der Waals surface area contributed by atoms with Crippen LogP contribution in [0, 0.1) is 0 Å². The molecule has 0 radical (unpaired) electrons. The van der Waals surface area contributed by atoms with Crippen LogP contribution in [0.4, 0.5) is 5.82 Å². The van der Waals surface area contributed by atoms with E-state index in [1.807, 2.05) is 24.3 Å². The fourth-order valence-electron chi connectivity index (χ4n) is 2.74. The molecule has 1 saturated heterocycles. The lowest BCUT2D eigenvalue weighted by Crippen LogP contribution is -2.49. The molecule has 2 heterocycles. The summed E-state index contributed by atoms with van der Waals surface area (Å²) >= 11 is 6.01. The Balaban J connectivity index is 1.50. The Morgan fingerprint density at radius 2 is 2.21 bits per heavy atom. The molecule has 1 atom stereocenters. The number of carbonyl (C=O) groups is 1. The summed E-state index contributed by atoms with van der Waals surface area (Å²) in [5, 5.41) is 11.5. The molecule has 0 saturated carbocycles. The molecule has 3 rings (SSSR count). The van der Waals surface area contributed by atoms with E-state index < -0.39 is 0 Å². The monoisotopic (exact) mass is 346 g/mol. The van der Waals surface area contributed by atoms with Gasteiger partial charge in [-0.2, -0.15) is 5.10 Å². The second kappa shape index (κ2) is 7.97. The molecule has 1 fully saturated rings. The van der Waals surface area contributed by atoms with Crippen LogP contribution in [0.3, 0.4) is 0 Å². The Morgan fingerprint density at radius 1 is 1.33 bits per heavy atom. The van der Waals surface area contributed by atoms with Gasteiger partial charge in [-0.15, -0.1) is 5.10 Å². The average molecular weight is 347 g/mol. The number of hydrogen-bond donors (Lipinski definition) is 1. The van der Waals surface area contributed by atoms with Gasteiger partial charge in [0.05, 0.1) is 5.02 Å². The Morgan fingerprint density at radius 3 is 3.00 bits per heavy atom. The van der Waals surface area contributed by atoms with Crippen molar-refractivity contribution in [3.63, 3.8) is 0 Å². The van der Waals surface area contributed by atoms with E-state index in [0.717, 1.165) is 31.7 Å². The number of halogens is 1. The van der Waals surface area contributed by atoms with Gasteiger partial charge in [-0.05, 0) is 37.1 Å². The molecule has 6 nitrogen and oxygen atoms in total. The number of anilines is 1. The molecule has 24 heavy (non-hydrogen) atoms. The first kappa shape index (κ1) is 16.5. The van der Waals surface area contributed by atoms with E-state index in [1.165, 1.54) is 0 Å². The van der Waals surface area contributed by atoms with Gasteiger partial charge in [-0.1, -0.05) is 23.7 Å². The zero-order valence-electron chi connectivity index (χ0n) is 13.2. The molecule has 1 aromatic carbocycles. The van der Waals surface area contributed by atoms with Crippen LogP contribution in [-0.2, 0) is 4.79 Å². The highest BCUT2D eigenvalue weighted by molar-refractivity contribution is 6.32. The molecule has 2 aromatic rings. The number of nitrogens with zero attached hydrogens (tertiary/aromatic N) is 3. The van der Waals surface area contributed by atoms with E-state index in [2.05, 4.69) is 20.4 Å². The molecule has 1 aromatic heterocycles. The van der Waals surface area contributed by atoms with Crippen LogP contribution in [0.25, 0.3) is 0 Å². The average Bonchev–Trinajstić information content (AvgIpc) is 2.62. The quantitative estimate of drug-likeness (QED) is 0.899. The summed E-state index contributed by atoms with van der Waals surface area (Å²) in [6.45, 7) is 1.59. The molecule has 1 amide bonds. The fourth-order valence-corrected chi connectivity index (χ4v) is 2.93. The highest BCUT2D eigenvalue weighted by atomic mass is 35.5. The van der Waals surface area contributed by atoms with E-state index in [0.29, 0.717) is 10.8 Å². The molecule has 0 unspecified atom stereocenters. The first-order valence-electron chi connectivity index (χ1n) is 7.92. The van der Waals surface area contributed by atoms with Gasteiger partial charge in [0.15, 0.2) is 12.4 Å². The molecule has 0 bridgehead atoms. The predicted molar refractivity (Wildman–Crippen MR) is 92.4 cm³/mol. The van der Waals surface area contributed by atoms with Crippen molar-refractivity contribution < 1.29 is 9.53 Å². The van der Waals surface area contributed by atoms with Crippen LogP contribution >= 0.6 is 11.6 Å². The Kier molecular flexibility index (Phi) is 5.48. The maximum Gasteiger partial charge on any atom is 0.258 e. The van der Waals surface area contributed by atoms with Gasteiger partial charge in [0.2, 0.25) is 0 Å². The van der Waals surface area contributed by atoms with Crippen molar-refractivity contribution in [3.8, 4) is 5.75 Å². The smallest absolute Gasteiger partial charge is 0.258 e. The van der Waals surface area contributed by atoms with Crippen LogP contribution in [0.15, 0.2) is 42.6 Å². The summed E-state index contributed by atoms with van der Waals surface area (Å²) in [5.74, 6) is 1.20. The molecule has 126 valence electrons. The minimum atomic E-state index is -0.152. The topological polar surface area (TPSA) is 67.3 Å². The molecule has 1 aliphatic rings. The first-order valence-corrected chi connectivity index (χ1v) is 8.29. The van der Waals surface area contributed by atoms with E-state index in [-0.39, 0.29) is 18.6 Å². The summed E-state index contributed by atoms with van der Waals surface area (Å²) in [5.41, 5.74) is 0. The van der Waals surface area contributed by atoms with Crippen molar-refractivity contribution in [3.05, 3.63) is 47.6 Å². The molecular formula is C17H19ClN4O2. The number of ether oxygens (including phenoxy) is 1. The highest BCUT2D eigenvalue weighted by Gasteiger charge is 2.22. The van der Waals surface area contributed by atoms with Gasteiger partial charge >= 0.3 is 0 Å². The van der Waals surface area contributed by atoms with E-state index in [9.17, 15) is 4.79 Å². The van der Waals surface area contributed by atoms with Crippen LogP contribution in [0.2, 0.25) is 5.02 Å². The number of benzene rings is 1. The Hall–Kier alpha value is -2.34.